The predicted molar refractivity (Wildman–Crippen MR) is 106 cm³/mol. The van der Waals surface area contributed by atoms with Gasteiger partial charge in [0.25, 0.3) is 0 Å². The number of hydrogen-bond acceptors (Lipinski definition) is 5. The normalized spacial score (nSPS) is 22.3. The van der Waals surface area contributed by atoms with Gasteiger partial charge >= 0.3 is 5.97 Å². The van der Waals surface area contributed by atoms with Crippen molar-refractivity contribution in [2.24, 2.45) is 0 Å². The SMILES string of the molecule is C=CC[Si](C)(C)[C@@H]1CC(=O)N(c2ccc(OC)cc2)[C@]1(C#N)C(=O)OCC. The standard InChI is InChI=1S/C20H26N2O4Si/c1-6-12-27(4,5)17-13-18(23)22(15-8-10-16(25-3)11-9-15)20(17,14-21)19(24)26-7-2/h6,8-11,17H,1,7,12-13H2,2-5H3/t17-,20+/m1/s1. The van der Waals surface area contributed by atoms with E-state index in [0.717, 1.165) is 0 Å². The molecule has 1 fully saturated rings. The van der Waals surface area contributed by atoms with E-state index in [1.807, 2.05) is 0 Å². The van der Waals surface area contributed by atoms with Crippen LogP contribution in [-0.2, 0) is 14.3 Å². The van der Waals surface area contributed by atoms with Crippen LogP contribution in [0.2, 0.25) is 24.7 Å². The molecule has 7 heteroatoms. The Bertz CT molecular complexity index is 769. The molecule has 0 radical (unpaired) electrons. The average Bonchev–Trinajstić information content (AvgIpc) is 2.96. The van der Waals surface area contributed by atoms with E-state index in [9.17, 15) is 14.9 Å². The summed E-state index contributed by atoms with van der Waals surface area (Å²) in [7, 11) is -0.632. The second kappa shape index (κ2) is 7.97. The number of carbonyl (C=O) groups is 2. The van der Waals surface area contributed by atoms with E-state index in [-0.39, 0.29) is 18.9 Å². The van der Waals surface area contributed by atoms with Crippen molar-refractivity contribution in [2.75, 3.05) is 18.6 Å². The van der Waals surface area contributed by atoms with E-state index < -0.39 is 25.1 Å². The molecule has 1 heterocycles. The van der Waals surface area contributed by atoms with Crippen LogP contribution in [0.4, 0.5) is 5.69 Å². The van der Waals surface area contributed by atoms with Crippen LogP contribution < -0.4 is 9.64 Å². The molecule has 0 N–H and O–H groups in total. The molecule has 6 nitrogen and oxygen atoms in total. The summed E-state index contributed by atoms with van der Waals surface area (Å²) in [4.78, 5) is 27.4. The van der Waals surface area contributed by atoms with Crippen LogP contribution in [0.25, 0.3) is 0 Å². The molecule has 1 aliphatic rings. The number of ether oxygens (including phenoxy) is 2. The van der Waals surface area contributed by atoms with Crippen LogP contribution in [0, 0.1) is 11.3 Å². The Balaban J connectivity index is 2.65. The first kappa shape index (κ1) is 20.7. The number of anilines is 1. The molecular formula is C20H26N2O4Si. The van der Waals surface area contributed by atoms with Gasteiger partial charge in [0.15, 0.2) is 0 Å². The topological polar surface area (TPSA) is 79.6 Å². The van der Waals surface area contributed by atoms with Crippen LogP contribution in [-0.4, -0.2) is 39.2 Å². The second-order valence-electron chi connectivity index (χ2n) is 7.26. The van der Waals surface area contributed by atoms with Gasteiger partial charge < -0.3 is 9.47 Å². The predicted octanol–water partition coefficient (Wildman–Crippen LogP) is 3.52. The van der Waals surface area contributed by atoms with E-state index in [2.05, 4.69) is 25.7 Å². The molecule has 144 valence electrons. The third-order valence-electron chi connectivity index (χ3n) is 5.19. The van der Waals surface area contributed by atoms with Gasteiger partial charge in [-0.05, 0) is 37.2 Å². The molecule has 1 amide bonds. The van der Waals surface area contributed by atoms with Crippen molar-refractivity contribution in [1.29, 1.82) is 5.26 Å². The van der Waals surface area contributed by atoms with Crippen molar-refractivity contribution in [3.05, 3.63) is 36.9 Å². The summed E-state index contributed by atoms with van der Waals surface area (Å²) in [6.07, 6.45) is 1.95. The first-order chi connectivity index (χ1) is 12.8. The van der Waals surface area contributed by atoms with Crippen LogP contribution in [0.5, 0.6) is 5.75 Å². The Morgan fingerprint density at radius 1 is 1.44 bits per heavy atom. The van der Waals surface area contributed by atoms with E-state index in [0.29, 0.717) is 17.5 Å². The number of esters is 1. The minimum absolute atomic E-state index is 0.142. The summed E-state index contributed by atoms with van der Waals surface area (Å²) in [5.41, 5.74) is -1.58. The van der Waals surface area contributed by atoms with Gasteiger partial charge in [-0.3, -0.25) is 9.69 Å². The molecule has 1 saturated heterocycles. The van der Waals surface area contributed by atoms with Crippen molar-refractivity contribution in [1.82, 2.24) is 0 Å². The first-order valence-corrected chi connectivity index (χ1v) is 12.2. The largest absolute Gasteiger partial charge is 0.497 e. The summed E-state index contributed by atoms with van der Waals surface area (Å²) in [6, 6.07) is 9.66. The van der Waals surface area contributed by atoms with Crippen molar-refractivity contribution in [2.45, 2.75) is 43.6 Å². The maximum absolute atomic E-state index is 13.0. The third kappa shape index (κ3) is 3.49. The lowest BCUT2D eigenvalue weighted by Crippen LogP contribution is -2.58. The fourth-order valence-corrected chi connectivity index (χ4v) is 7.05. The number of carbonyl (C=O) groups excluding carboxylic acids is 2. The number of allylic oxidation sites excluding steroid dienone is 1. The van der Waals surface area contributed by atoms with Crippen molar-refractivity contribution in [3.63, 3.8) is 0 Å². The number of nitrogens with zero attached hydrogens (tertiary/aromatic N) is 2. The highest BCUT2D eigenvalue weighted by Crippen LogP contribution is 2.50. The highest BCUT2D eigenvalue weighted by molar-refractivity contribution is 6.80. The number of rotatable bonds is 7. The molecule has 27 heavy (non-hydrogen) atoms. The van der Waals surface area contributed by atoms with Gasteiger partial charge in [-0.1, -0.05) is 19.2 Å². The maximum Gasteiger partial charge on any atom is 0.347 e. The Morgan fingerprint density at radius 3 is 2.56 bits per heavy atom. The molecule has 0 spiro atoms. The zero-order valence-corrected chi connectivity index (χ0v) is 17.3. The molecule has 0 unspecified atom stereocenters. The zero-order chi connectivity index (χ0) is 20.2. The van der Waals surface area contributed by atoms with Crippen LogP contribution >= 0.6 is 0 Å². The Labute approximate surface area is 161 Å². The van der Waals surface area contributed by atoms with Gasteiger partial charge in [0.2, 0.25) is 11.4 Å². The highest BCUT2D eigenvalue weighted by atomic mass is 28.3. The molecule has 1 aliphatic heterocycles. The summed E-state index contributed by atoms with van der Waals surface area (Å²) in [6.45, 7) is 9.80. The van der Waals surface area contributed by atoms with Gasteiger partial charge in [-0.2, -0.15) is 5.26 Å². The minimum Gasteiger partial charge on any atom is -0.497 e. The number of hydrogen-bond donors (Lipinski definition) is 0. The van der Waals surface area contributed by atoms with E-state index in [4.69, 9.17) is 9.47 Å². The quantitative estimate of drug-likeness (QED) is 0.407. The van der Waals surface area contributed by atoms with Crippen LogP contribution in [0.3, 0.4) is 0 Å². The third-order valence-corrected chi connectivity index (χ3v) is 9.04. The fraction of sp³-hybridized carbons (Fsp3) is 0.450. The number of methoxy groups -OCH3 is 1. The Hall–Kier alpha value is -2.59. The van der Waals surface area contributed by atoms with Gasteiger partial charge in [-0.15, -0.1) is 6.58 Å². The Morgan fingerprint density at radius 2 is 2.07 bits per heavy atom. The molecule has 0 saturated carbocycles. The van der Waals surface area contributed by atoms with Crippen molar-refractivity contribution in [3.8, 4) is 11.8 Å². The van der Waals surface area contributed by atoms with Crippen molar-refractivity contribution >= 4 is 25.6 Å². The summed E-state index contributed by atoms with van der Waals surface area (Å²) < 4.78 is 10.5. The number of benzene rings is 1. The second-order valence-corrected chi connectivity index (χ2v) is 12.3. The van der Waals surface area contributed by atoms with E-state index in [1.54, 1.807) is 44.4 Å². The molecule has 0 bridgehead atoms. The molecule has 0 aromatic heterocycles. The molecule has 2 rings (SSSR count). The monoisotopic (exact) mass is 386 g/mol. The van der Waals surface area contributed by atoms with Gasteiger partial charge in [0.1, 0.15) is 11.8 Å². The fourth-order valence-electron chi connectivity index (χ4n) is 3.85. The molecule has 0 aliphatic carbocycles. The van der Waals surface area contributed by atoms with Gasteiger partial charge in [0, 0.05) is 17.6 Å². The van der Waals surface area contributed by atoms with Crippen LogP contribution in [0.1, 0.15) is 13.3 Å². The summed E-state index contributed by atoms with van der Waals surface area (Å²) >= 11 is 0. The lowest BCUT2D eigenvalue weighted by molar-refractivity contribution is -0.147. The molecule has 2 atom stereocenters. The molecule has 1 aromatic rings. The van der Waals surface area contributed by atoms with Crippen molar-refractivity contribution < 1.29 is 19.1 Å². The molecule has 1 aromatic carbocycles. The maximum atomic E-state index is 13.0. The Kier molecular flexibility index (Phi) is 6.11. The van der Waals surface area contributed by atoms with E-state index >= 15 is 0 Å². The minimum atomic E-state index is -2.18. The number of nitriles is 1. The number of amides is 1. The smallest absolute Gasteiger partial charge is 0.347 e. The zero-order valence-electron chi connectivity index (χ0n) is 16.3. The van der Waals surface area contributed by atoms with E-state index in [1.165, 1.54) is 4.90 Å². The van der Waals surface area contributed by atoms with Gasteiger partial charge in [-0.25, -0.2) is 4.79 Å². The van der Waals surface area contributed by atoms with Gasteiger partial charge in [0.05, 0.1) is 21.8 Å². The first-order valence-electron chi connectivity index (χ1n) is 8.95. The lowest BCUT2D eigenvalue weighted by Gasteiger charge is -2.39. The lowest BCUT2D eigenvalue weighted by atomic mass is 9.96. The summed E-state index contributed by atoms with van der Waals surface area (Å²) in [5, 5.41) is 10.2. The van der Waals surface area contributed by atoms with Crippen LogP contribution in [0.15, 0.2) is 36.9 Å². The molecular weight excluding hydrogens is 360 g/mol. The summed E-state index contributed by atoms with van der Waals surface area (Å²) in [5.74, 6) is -0.282. The highest BCUT2D eigenvalue weighted by Gasteiger charge is 2.64. The average molecular weight is 387 g/mol.